The normalized spacial score (nSPS) is 15.4. The van der Waals surface area contributed by atoms with E-state index in [1.54, 1.807) is 6.08 Å². The van der Waals surface area contributed by atoms with E-state index in [0.29, 0.717) is 23.1 Å². The molecule has 1 heterocycles. The van der Waals surface area contributed by atoms with Gasteiger partial charge in [-0.25, -0.2) is 0 Å². The maximum atomic E-state index is 10.5. The molecule has 0 atom stereocenters. The lowest BCUT2D eigenvalue weighted by Gasteiger charge is -2.23. The van der Waals surface area contributed by atoms with E-state index < -0.39 is 0 Å². The Morgan fingerprint density at radius 1 is 1.38 bits per heavy atom. The van der Waals surface area contributed by atoms with Crippen molar-refractivity contribution in [2.45, 2.75) is 32.6 Å². The molecule has 2 rings (SSSR count). The monoisotopic (exact) mass is 303 g/mol. The van der Waals surface area contributed by atoms with Gasteiger partial charge in [-0.3, -0.25) is 0 Å². The minimum atomic E-state index is -0.152. The minimum absolute atomic E-state index is 0.152. The number of aromatic hydroxyl groups is 1. The van der Waals surface area contributed by atoms with Gasteiger partial charge in [0.15, 0.2) is 5.17 Å². The first-order chi connectivity index (χ1) is 9.82. The molecule has 0 saturated heterocycles. The van der Waals surface area contributed by atoms with Crippen LogP contribution in [0.5, 0.6) is 5.75 Å². The van der Waals surface area contributed by atoms with Gasteiger partial charge in [0.2, 0.25) is 0 Å². The number of nitrogens with zero attached hydrogens (tertiary/aromatic N) is 2. The quantitative estimate of drug-likeness (QED) is 0.842. The smallest absolute Gasteiger partial charge is 0.180 e. The summed E-state index contributed by atoms with van der Waals surface area (Å²) in [5.74, 6) is 1.04. The number of thioether (sulfide) groups is 1. The molecule has 1 aromatic carbocycles. The Bertz CT molecular complexity index is 627. The Hall–Kier alpha value is -1.75. The summed E-state index contributed by atoms with van der Waals surface area (Å²) in [5, 5.41) is 19.1. The summed E-state index contributed by atoms with van der Waals surface area (Å²) in [6.07, 6.45) is 2.41. The summed E-state index contributed by atoms with van der Waals surface area (Å²) in [6.45, 7) is 10.00. The van der Waals surface area contributed by atoms with Crippen LogP contribution < -0.4 is 5.73 Å². The number of phenols is 1. The van der Waals surface area contributed by atoms with Crippen LogP contribution in [0, 0.1) is 0 Å². The van der Waals surface area contributed by atoms with Gasteiger partial charge in [-0.05, 0) is 35.1 Å². The van der Waals surface area contributed by atoms with E-state index >= 15 is 0 Å². The van der Waals surface area contributed by atoms with E-state index in [4.69, 9.17) is 5.73 Å². The van der Waals surface area contributed by atoms with Crippen molar-refractivity contribution in [1.29, 1.82) is 0 Å². The van der Waals surface area contributed by atoms with Gasteiger partial charge in [-0.15, -0.1) is 11.7 Å². The highest BCUT2D eigenvalue weighted by Crippen LogP contribution is 2.35. The lowest BCUT2D eigenvalue weighted by atomic mass is 9.83. The first-order valence-corrected chi connectivity index (χ1v) is 7.82. The van der Waals surface area contributed by atoms with E-state index in [0.717, 1.165) is 22.4 Å². The molecule has 0 bridgehead atoms. The van der Waals surface area contributed by atoms with Crippen molar-refractivity contribution in [3.05, 3.63) is 41.5 Å². The molecular formula is C16H21N3OS. The molecular weight excluding hydrogens is 282 g/mol. The van der Waals surface area contributed by atoms with Gasteiger partial charge in [0.1, 0.15) is 5.75 Å². The molecule has 0 spiro atoms. The van der Waals surface area contributed by atoms with Crippen molar-refractivity contribution in [3.8, 4) is 5.75 Å². The second-order valence-corrected chi connectivity index (χ2v) is 7.04. The van der Waals surface area contributed by atoms with Crippen LogP contribution in [0.2, 0.25) is 0 Å². The molecule has 112 valence electrons. The number of phenolic OH excluding ortho intramolecular Hbond substituents is 1. The second kappa shape index (κ2) is 5.93. The maximum absolute atomic E-state index is 10.5. The SMILES string of the molecule is C=CCc1cc(C2=NN=C(N)SC2)cc(C(C)(C)C)c1O. The van der Waals surface area contributed by atoms with Gasteiger partial charge in [0, 0.05) is 11.3 Å². The van der Waals surface area contributed by atoms with E-state index in [2.05, 4.69) is 37.6 Å². The Morgan fingerprint density at radius 3 is 2.62 bits per heavy atom. The van der Waals surface area contributed by atoms with Crippen LogP contribution in [0.15, 0.2) is 35.0 Å². The molecule has 4 nitrogen and oxygen atoms in total. The third-order valence-corrected chi connectivity index (χ3v) is 4.12. The standard InChI is InChI=1S/C16H21N3OS/c1-5-6-10-7-11(13-9-21-15(17)19-18-13)8-12(14(10)20)16(2,3)4/h5,7-8,20H,1,6,9H2,2-4H3,(H2,17,19). The zero-order chi connectivity index (χ0) is 15.6. The molecule has 21 heavy (non-hydrogen) atoms. The zero-order valence-electron chi connectivity index (χ0n) is 12.7. The molecule has 3 N–H and O–H groups in total. The second-order valence-electron chi connectivity index (χ2n) is 6.05. The van der Waals surface area contributed by atoms with Crippen molar-refractivity contribution in [1.82, 2.24) is 0 Å². The Labute approximate surface area is 129 Å². The number of benzene rings is 1. The van der Waals surface area contributed by atoms with E-state index in [-0.39, 0.29) is 5.41 Å². The average molecular weight is 303 g/mol. The van der Waals surface area contributed by atoms with Crippen LogP contribution in [-0.2, 0) is 11.8 Å². The first kappa shape index (κ1) is 15.6. The molecule has 0 fully saturated rings. The number of hydrogen-bond acceptors (Lipinski definition) is 5. The van der Waals surface area contributed by atoms with Crippen molar-refractivity contribution in [3.63, 3.8) is 0 Å². The molecule has 0 amide bonds. The number of hydrogen-bond donors (Lipinski definition) is 2. The highest BCUT2D eigenvalue weighted by atomic mass is 32.2. The summed E-state index contributed by atoms with van der Waals surface area (Å²) < 4.78 is 0. The number of amidine groups is 1. The molecule has 1 aliphatic heterocycles. The highest BCUT2D eigenvalue weighted by molar-refractivity contribution is 8.14. The summed E-state index contributed by atoms with van der Waals surface area (Å²) in [5.41, 5.74) is 9.11. The van der Waals surface area contributed by atoms with Crippen LogP contribution in [-0.4, -0.2) is 21.7 Å². The highest BCUT2D eigenvalue weighted by Gasteiger charge is 2.22. The van der Waals surface area contributed by atoms with Crippen molar-refractivity contribution < 1.29 is 5.11 Å². The lowest BCUT2D eigenvalue weighted by Crippen LogP contribution is -2.18. The van der Waals surface area contributed by atoms with Crippen molar-refractivity contribution in [2.75, 3.05) is 5.75 Å². The van der Waals surface area contributed by atoms with Crippen LogP contribution in [0.4, 0.5) is 0 Å². The minimum Gasteiger partial charge on any atom is -0.507 e. The van der Waals surface area contributed by atoms with Gasteiger partial charge in [-0.1, -0.05) is 38.6 Å². The third kappa shape index (κ3) is 3.47. The molecule has 0 saturated carbocycles. The van der Waals surface area contributed by atoms with E-state index in [1.807, 2.05) is 12.1 Å². The Kier molecular flexibility index (Phi) is 4.42. The van der Waals surface area contributed by atoms with Gasteiger partial charge in [-0.2, -0.15) is 5.10 Å². The molecule has 0 aliphatic carbocycles. The van der Waals surface area contributed by atoms with E-state index in [1.165, 1.54) is 11.8 Å². The van der Waals surface area contributed by atoms with Crippen molar-refractivity contribution >= 4 is 22.6 Å². The number of allylic oxidation sites excluding steroid dienone is 1. The fraction of sp³-hybridized carbons (Fsp3) is 0.375. The van der Waals surface area contributed by atoms with Gasteiger partial charge < -0.3 is 10.8 Å². The Balaban J connectivity index is 2.57. The Morgan fingerprint density at radius 2 is 2.10 bits per heavy atom. The predicted octanol–water partition coefficient (Wildman–Crippen LogP) is 3.18. The molecule has 5 heteroatoms. The van der Waals surface area contributed by atoms with E-state index in [9.17, 15) is 5.11 Å². The third-order valence-electron chi connectivity index (χ3n) is 3.32. The van der Waals surface area contributed by atoms with Crippen LogP contribution in [0.25, 0.3) is 0 Å². The topological polar surface area (TPSA) is 71.0 Å². The fourth-order valence-electron chi connectivity index (χ4n) is 2.19. The van der Waals surface area contributed by atoms with Crippen LogP contribution >= 0.6 is 11.8 Å². The average Bonchev–Trinajstić information content (AvgIpc) is 2.41. The van der Waals surface area contributed by atoms with Gasteiger partial charge in [0.25, 0.3) is 0 Å². The predicted molar refractivity (Wildman–Crippen MR) is 91.3 cm³/mol. The summed E-state index contributed by atoms with van der Waals surface area (Å²) in [6, 6.07) is 3.96. The van der Waals surface area contributed by atoms with Crippen LogP contribution in [0.3, 0.4) is 0 Å². The van der Waals surface area contributed by atoms with Gasteiger partial charge >= 0.3 is 0 Å². The summed E-state index contributed by atoms with van der Waals surface area (Å²) >= 11 is 1.47. The number of nitrogens with two attached hydrogens (primary N) is 1. The molecule has 0 unspecified atom stereocenters. The summed E-state index contributed by atoms with van der Waals surface area (Å²) in [7, 11) is 0. The number of rotatable bonds is 3. The maximum Gasteiger partial charge on any atom is 0.180 e. The molecule has 0 radical (unpaired) electrons. The fourth-order valence-corrected chi connectivity index (χ4v) is 2.80. The zero-order valence-corrected chi connectivity index (χ0v) is 13.5. The summed E-state index contributed by atoms with van der Waals surface area (Å²) in [4.78, 5) is 0. The van der Waals surface area contributed by atoms with Gasteiger partial charge in [0.05, 0.1) is 5.71 Å². The molecule has 1 aliphatic rings. The molecule has 0 aromatic heterocycles. The lowest BCUT2D eigenvalue weighted by molar-refractivity contribution is 0.441. The van der Waals surface area contributed by atoms with Crippen molar-refractivity contribution in [2.24, 2.45) is 15.9 Å². The van der Waals surface area contributed by atoms with Crippen LogP contribution in [0.1, 0.15) is 37.5 Å². The first-order valence-electron chi connectivity index (χ1n) is 6.83. The largest absolute Gasteiger partial charge is 0.507 e. The molecule has 1 aromatic rings.